The number of halogens is 1. The first-order chi connectivity index (χ1) is 11.0. The zero-order valence-corrected chi connectivity index (χ0v) is 14.1. The molecule has 0 aliphatic heterocycles. The zero-order valence-electron chi connectivity index (χ0n) is 13.2. The number of rotatable bonds is 6. The largest absolute Gasteiger partial charge is 0.340 e. The first-order valence-corrected chi connectivity index (χ1v) is 8.76. The van der Waals surface area contributed by atoms with Gasteiger partial charge < -0.3 is 4.90 Å². The van der Waals surface area contributed by atoms with E-state index in [4.69, 9.17) is 0 Å². The molecule has 5 heteroatoms. The number of hydrogen-bond acceptors (Lipinski definition) is 2. The quantitative estimate of drug-likeness (QED) is 0.814. The van der Waals surface area contributed by atoms with Crippen LogP contribution in [0.5, 0.6) is 0 Å². The van der Waals surface area contributed by atoms with Crippen molar-refractivity contribution in [2.24, 2.45) is 0 Å². The van der Waals surface area contributed by atoms with Crippen molar-refractivity contribution in [3.63, 3.8) is 0 Å². The van der Waals surface area contributed by atoms with Gasteiger partial charge in [0.15, 0.2) is 0 Å². The fourth-order valence-electron chi connectivity index (χ4n) is 2.23. The van der Waals surface area contributed by atoms with Crippen LogP contribution in [0.4, 0.5) is 4.39 Å². The predicted molar refractivity (Wildman–Crippen MR) is 90.6 cm³/mol. The van der Waals surface area contributed by atoms with E-state index in [-0.39, 0.29) is 17.5 Å². The van der Waals surface area contributed by atoms with Gasteiger partial charge in [0, 0.05) is 30.1 Å². The summed E-state index contributed by atoms with van der Waals surface area (Å²) < 4.78 is 25.3. The molecule has 0 aliphatic carbocycles. The number of amides is 1. The van der Waals surface area contributed by atoms with Crippen LogP contribution >= 0.6 is 0 Å². The van der Waals surface area contributed by atoms with E-state index in [1.165, 1.54) is 12.1 Å². The van der Waals surface area contributed by atoms with Crippen molar-refractivity contribution in [1.82, 2.24) is 4.90 Å². The lowest BCUT2D eigenvalue weighted by molar-refractivity contribution is -0.129. The van der Waals surface area contributed by atoms with E-state index in [9.17, 15) is 13.4 Å². The minimum absolute atomic E-state index is 0.158. The second kappa shape index (κ2) is 8.02. The van der Waals surface area contributed by atoms with Crippen molar-refractivity contribution in [1.29, 1.82) is 0 Å². The minimum atomic E-state index is -1.34. The Morgan fingerprint density at radius 3 is 2.30 bits per heavy atom. The van der Waals surface area contributed by atoms with Crippen LogP contribution in [-0.2, 0) is 27.9 Å². The summed E-state index contributed by atoms with van der Waals surface area (Å²) in [6.07, 6.45) is 0. The van der Waals surface area contributed by atoms with E-state index in [2.05, 4.69) is 0 Å². The minimum Gasteiger partial charge on any atom is -0.340 e. The molecule has 2 rings (SSSR count). The van der Waals surface area contributed by atoms with Crippen LogP contribution in [0.1, 0.15) is 18.1 Å². The second-order valence-electron chi connectivity index (χ2n) is 5.47. The normalized spacial score (nSPS) is 13.3. The van der Waals surface area contributed by atoms with Crippen LogP contribution in [0.2, 0.25) is 0 Å². The maximum absolute atomic E-state index is 12.9. The Hall–Kier alpha value is -2.01. The Bertz CT molecular complexity index is 673. The van der Waals surface area contributed by atoms with Gasteiger partial charge in [-0.1, -0.05) is 42.5 Å². The molecule has 1 amide bonds. The van der Waals surface area contributed by atoms with E-state index in [1.807, 2.05) is 30.3 Å². The first kappa shape index (κ1) is 17.3. The van der Waals surface area contributed by atoms with E-state index in [0.717, 1.165) is 11.1 Å². The molecule has 2 aromatic rings. The molecule has 122 valence electrons. The van der Waals surface area contributed by atoms with E-state index >= 15 is 0 Å². The average molecular weight is 333 g/mol. The van der Waals surface area contributed by atoms with Crippen molar-refractivity contribution >= 4 is 16.7 Å². The molecule has 0 unspecified atom stereocenters. The van der Waals surface area contributed by atoms with Gasteiger partial charge in [-0.3, -0.25) is 9.00 Å². The molecule has 0 saturated carbocycles. The molecule has 0 heterocycles. The standard InChI is InChI=1S/C18H20FNO2S/c1-14(23(22)13-16-8-10-17(19)11-9-16)18(21)20(2)12-15-6-4-3-5-7-15/h3-11,14H,12-13H2,1-2H3/t14-,23+/m1/s1. The highest BCUT2D eigenvalue weighted by Gasteiger charge is 2.23. The molecule has 23 heavy (non-hydrogen) atoms. The lowest BCUT2D eigenvalue weighted by atomic mass is 10.2. The number of benzene rings is 2. The lowest BCUT2D eigenvalue weighted by Crippen LogP contribution is -2.37. The molecule has 0 saturated heterocycles. The highest BCUT2D eigenvalue weighted by Crippen LogP contribution is 2.12. The summed E-state index contributed by atoms with van der Waals surface area (Å²) in [5, 5.41) is -0.603. The SMILES string of the molecule is C[C@H](C(=O)N(C)Cc1ccccc1)[S@@](=O)Cc1ccc(F)cc1. The Morgan fingerprint density at radius 2 is 1.70 bits per heavy atom. The van der Waals surface area contributed by atoms with Crippen molar-refractivity contribution in [2.75, 3.05) is 7.05 Å². The van der Waals surface area contributed by atoms with E-state index in [0.29, 0.717) is 6.54 Å². The highest BCUT2D eigenvalue weighted by atomic mass is 32.2. The monoisotopic (exact) mass is 333 g/mol. The third kappa shape index (κ3) is 4.99. The summed E-state index contributed by atoms with van der Waals surface area (Å²) in [5.41, 5.74) is 1.79. The van der Waals surface area contributed by atoms with Crippen molar-refractivity contribution in [2.45, 2.75) is 24.5 Å². The van der Waals surface area contributed by atoms with Gasteiger partial charge in [-0.2, -0.15) is 0 Å². The maximum atomic E-state index is 12.9. The van der Waals surface area contributed by atoms with Crippen molar-refractivity contribution < 1.29 is 13.4 Å². The summed E-state index contributed by atoms with van der Waals surface area (Å²) in [4.78, 5) is 14.0. The summed E-state index contributed by atoms with van der Waals surface area (Å²) in [5.74, 6) is -0.243. The summed E-state index contributed by atoms with van der Waals surface area (Å²) in [7, 11) is 0.365. The molecule has 3 nitrogen and oxygen atoms in total. The molecule has 2 aromatic carbocycles. The predicted octanol–water partition coefficient (Wildman–Crippen LogP) is 3.12. The van der Waals surface area contributed by atoms with Crippen LogP contribution in [0.3, 0.4) is 0 Å². The van der Waals surface area contributed by atoms with Crippen LogP contribution in [0.25, 0.3) is 0 Å². The summed E-state index contributed by atoms with van der Waals surface area (Å²) in [6.45, 7) is 2.15. The van der Waals surface area contributed by atoms with Gasteiger partial charge in [0.1, 0.15) is 11.1 Å². The van der Waals surface area contributed by atoms with Gasteiger partial charge in [-0.15, -0.1) is 0 Å². The Morgan fingerprint density at radius 1 is 1.09 bits per heavy atom. The molecule has 0 aliphatic rings. The molecule has 0 bridgehead atoms. The molecular weight excluding hydrogens is 313 g/mol. The first-order valence-electron chi connectivity index (χ1n) is 7.38. The smallest absolute Gasteiger partial charge is 0.238 e. The van der Waals surface area contributed by atoms with Gasteiger partial charge in [0.2, 0.25) is 5.91 Å². The number of nitrogens with zero attached hydrogens (tertiary/aromatic N) is 1. The van der Waals surface area contributed by atoms with Crippen LogP contribution in [0, 0.1) is 5.82 Å². The van der Waals surface area contributed by atoms with Crippen LogP contribution in [0.15, 0.2) is 54.6 Å². The molecule has 0 aromatic heterocycles. The Kier molecular flexibility index (Phi) is 6.04. The van der Waals surface area contributed by atoms with Gasteiger partial charge in [0.05, 0.1) is 0 Å². The molecule has 0 fully saturated rings. The molecule has 0 N–H and O–H groups in total. The third-order valence-corrected chi connectivity index (χ3v) is 5.21. The number of carbonyl (C=O) groups is 1. The van der Waals surface area contributed by atoms with Gasteiger partial charge in [-0.25, -0.2) is 4.39 Å². The lowest BCUT2D eigenvalue weighted by Gasteiger charge is -2.21. The summed E-state index contributed by atoms with van der Waals surface area (Å²) >= 11 is 0. The van der Waals surface area contributed by atoms with Crippen LogP contribution in [-0.4, -0.2) is 27.3 Å². The van der Waals surface area contributed by atoms with Crippen molar-refractivity contribution in [3.05, 3.63) is 71.5 Å². The van der Waals surface area contributed by atoms with Gasteiger partial charge >= 0.3 is 0 Å². The van der Waals surface area contributed by atoms with Gasteiger partial charge in [0.25, 0.3) is 0 Å². The Labute approximate surface area is 138 Å². The molecule has 2 atom stereocenters. The van der Waals surface area contributed by atoms with E-state index < -0.39 is 16.0 Å². The van der Waals surface area contributed by atoms with Crippen molar-refractivity contribution in [3.8, 4) is 0 Å². The molecule has 0 spiro atoms. The average Bonchev–Trinajstić information content (AvgIpc) is 2.56. The maximum Gasteiger partial charge on any atom is 0.238 e. The number of carbonyl (C=O) groups excluding carboxylic acids is 1. The van der Waals surface area contributed by atoms with E-state index in [1.54, 1.807) is 31.0 Å². The highest BCUT2D eigenvalue weighted by molar-refractivity contribution is 7.85. The second-order valence-corrected chi connectivity index (χ2v) is 7.23. The van der Waals surface area contributed by atoms with Gasteiger partial charge in [-0.05, 0) is 30.2 Å². The molecular formula is C18H20FNO2S. The zero-order chi connectivity index (χ0) is 16.8. The van der Waals surface area contributed by atoms with Crippen LogP contribution < -0.4 is 0 Å². The fraction of sp³-hybridized carbons (Fsp3) is 0.278. The Balaban J connectivity index is 1.95. The fourth-order valence-corrected chi connectivity index (χ4v) is 3.40. The molecule has 0 radical (unpaired) electrons. The third-order valence-electron chi connectivity index (χ3n) is 3.60. The number of hydrogen-bond donors (Lipinski definition) is 0. The summed E-state index contributed by atoms with van der Waals surface area (Å²) in [6, 6.07) is 15.5. The topological polar surface area (TPSA) is 37.4 Å².